The molecule has 0 N–H and O–H groups in total. The molecule has 0 fully saturated rings. The minimum Gasteiger partial charge on any atom is -0.361 e. The van der Waals surface area contributed by atoms with Crippen molar-refractivity contribution in [1.82, 2.24) is 4.90 Å². The maximum absolute atomic E-state index is 13.4. The van der Waals surface area contributed by atoms with Crippen molar-refractivity contribution in [1.29, 1.82) is 0 Å². The fourth-order valence-electron chi connectivity index (χ4n) is 3.43. The quantitative estimate of drug-likeness (QED) is 0.757. The minimum atomic E-state index is -0.569. The number of hydrogen-bond donors (Lipinski definition) is 0. The second-order valence-electron chi connectivity index (χ2n) is 6.56. The summed E-state index contributed by atoms with van der Waals surface area (Å²) in [5, 5.41) is 0. The van der Waals surface area contributed by atoms with Crippen LogP contribution in [0.3, 0.4) is 0 Å². The van der Waals surface area contributed by atoms with E-state index in [4.69, 9.17) is 4.74 Å². The third-order valence-electron chi connectivity index (χ3n) is 4.62. The number of benzene rings is 2. The van der Waals surface area contributed by atoms with Crippen molar-refractivity contribution in [2.75, 3.05) is 20.6 Å². The van der Waals surface area contributed by atoms with Gasteiger partial charge in [-0.3, -0.25) is 4.79 Å². The summed E-state index contributed by atoms with van der Waals surface area (Å²) in [5.41, 5.74) is 3.16. The van der Waals surface area contributed by atoms with E-state index in [2.05, 4.69) is 4.90 Å². The average molecular weight is 327 g/mol. The largest absolute Gasteiger partial charge is 0.361 e. The molecule has 126 valence electrons. The molecule has 2 aromatic rings. The second kappa shape index (κ2) is 6.83. The number of halogens is 1. The van der Waals surface area contributed by atoms with E-state index in [0.717, 1.165) is 42.4 Å². The molecule has 3 nitrogen and oxygen atoms in total. The Balaban J connectivity index is 2.01. The van der Waals surface area contributed by atoms with E-state index < -0.39 is 5.60 Å². The fraction of sp³-hybridized carbons (Fsp3) is 0.350. The molecule has 0 bridgehead atoms. The topological polar surface area (TPSA) is 29.5 Å². The first kappa shape index (κ1) is 16.8. The Hall–Kier alpha value is -2.04. The van der Waals surface area contributed by atoms with Gasteiger partial charge in [0.15, 0.2) is 0 Å². The molecular weight excluding hydrogens is 305 g/mol. The molecule has 0 radical (unpaired) electrons. The first-order chi connectivity index (χ1) is 11.5. The van der Waals surface area contributed by atoms with Gasteiger partial charge in [-0.05, 0) is 68.4 Å². The van der Waals surface area contributed by atoms with Crippen molar-refractivity contribution in [3.8, 4) is 0 Å². The van der Waals surface area contributed by atoms with Crippen LogP contribution in [0.15, 0.2) is 42.5 Å². The molecular formula is C20H22FNO2. The van der Waals surface area contributed by atoms with Crippen LogP contribution in [0.25, 0.3) is 0 Å². The van der Waals surface area contributed by atoms with Crippen LogP contribution < -0.4 is 0 Å². The Kier molecular flexibility index (Phi) is 4.78. The monoisotopic (exact) mass is 327 g/mol. The number of carbonyl (C=O) groups is 1. The summed E-state index contributed by atoms with van der Waals surface area (Å²) >= 11 is 0. The van der Waals surface area contributed by atoms with Crippen molar-refractivity contribution in [3.63, 3.8) is 0 Å². The summed E-state index contributed by atoms with van der Waals surface area (Å²) in [6.45, 7) is 1.42. The SMILES string of the molecule is CN(C)CCCC1(c2ccc(F)cc2)OCc2cc(C=O)ccc21. The summed E-state index contributed by atoms with van der Waals surface area (Å²) in [6.07, 6.45) is 2.62. The Bertz CT molecular complexity index is 727. The van der Waals surface area contributed by atoms with Crippen LogP contribution in [0.2, 0.25) is 0 Å². The van der Waals surface area contributed by atoms with Crippen LogP contribution in [0.4, 0.5) is 4.39 Å². The predicted molar refractivity (Wildman–Crippen MR) is 91.6 cm³/mol. The van der Waals surface area contributed by atoms with Crippen molar-refractivity contribution in [2.45, 2.75) is 25.0 Å². The first-order valence-corrected chi connectivity index (χ1v) is 8.18. The van der Waals surface area contributed by atoms with Crippen LogP contribution in [-0.2, 0) is 16.9 Å². The van der Waals surface area contributed by atoms with Gasteiger partial charge in [-0.1, -0.05) is 24.3 Å². The highest BCUT2D eigenvalue weighted by atomic mass is 19.1. The van der Waals surface area contributed by atoms with E-state index >= 15 is 0 Å². The van der Waals surface area contributed by atoms with Gasteiger partial charge >= 0.3 is 0 Å². The van der Waals surface area contributed by atoms with Crippen LogP contribution >= 0.6 is 0 Å². The maximum atomic E-state index is 13.4. The van der Waals surface area contributed by atoms with Gasteiger partial charge in [0, 0.05) is 5.56 Å². The summed E-state index contributed by atoms with van der Waals surface area (Å²) in [4.78, 5) is 13.2. The Labute approximate surface area is 142 Å². The molecule has 24 heavy (non-hydrogen) atoms. The van der Waals surface area contributed by atoms with Crippen LogP contribution in [0.5, 0.6) is 0 Å². The Morgan fingerprint density at radius 3 is 2.62 bits per heavy atom. The van der Waals surface area contributed by atoms with Gasteiger partial charge in [-0.25, -0.2) is 4.39 Å². The third-order valence-corrected chi connectivity index (χ3v) is 4.62. The summed E-state index contributed by atoms with van der Waals surface area (Å²) in [6, 6.07) is 12.2. The molecule has 1 heterocycles. The normalized spacial score (nSPS) is 19.5. The summed E-state index contributed by atoms with van der Waals surface area (Å²) in [5.74, 6) is -0.253. The fourth-order valence-corrected chi connectivity index (χ4v) is 3.43. The number of rotatable bonds is 6. The number of hydrogen-bond acceptors (Lipinski definition) is 3. The lowest BCUT2D eigenvalue weighted by Crippen LogP contribution is -2.28. The van der Waals surface area contributed by atoms with Crippen molar-refractivity contribution >= 4 is 6.29 Å². The standard InChI is InChI=1S/C20H22FNO2/c1-22(2)11-3-10-20(17-5-7-18(21)8-6-17)19-9-4-15(13-23)12-16(19)14-24-20/h4-9,12-13H,3,10-11,14H2,1-2H3. The molecule has 2 aromatic carbocycles. The van der Waals surface area contributed by atoms with E-state index in [1.165, 1.54) is 12.1 Å². The van der Waals surface area contributed by atoms with Gasteiger partial charge < -0.3 is 9.64 Å². The predicted octanol–water partition coefficient (Wildman–Crippen LogP) is 3.75. The van der Waals surface area contributed by atoms with E-state index in [9.17, 15) is 9.18 Å². The third kappa shape index (κ3) is 3.12. The lowest BCUT2D eigenvalue weighted by atomic mass is 9.81. The summed E-state index contributed by atoms with van der Waals surface area (Å²) in [7, 11) is 4.09. The zero-order chi connectivity index (χ0) is 17.2. The number of aldehydes is 1. The zero-order valence-electron chi connectivity index (χ0n) is 14.1. The van der Waals surface area contributed by atoms with E-state index in [-0.39, 0.29) is 5.82 Å². The number of carbonyl (C=O) groups excluding carboxylic acids is 1. The zero-order valence-corrected chi connectivity index (χ0v) is 14.1. The Morgan fingerprint density at radius 1 is 1.21 bits per heavy atom. The molecule has 0 aromatic heterocycles. The molecule has 1 unspecified atom stereocenters. The van der Waals surface area contributed by atoms with E-state index in [0.29, 0.717) is 12.2 Å². The molecule has 0 saturated carbocycles. The molecule has 1 aliphatic rings. The first-order valence-electron chi connectivity index (χ1n) is 8.18. The maximum Gasteiger partial charge on any atom is 0.150 e. The van der Waals surface area contributed by atoms with Gasteiger partial charge in [0.05, 0.1) is 6.61 Å². The lowest BCUT2D eigenvalue weighted by Gasteiger charge is -2.31. The molecule has 4 heteroatoms. The molecule has 0 saturated heterocycles. The lowest BCUT2D eigenvalue weighted by molar-refractivity contribution is -0.0140. The molecule has 3 rings (SSSR count). The molecule has 0 amide bonds. The highest BCUT2D eigenvalue weighted by molar-refractivity contribution is 5.75. The molecule has 0 spiro atoms. The van der Waals surface area contributed by atoms with Gasteiger partial charge in [-0.2, -0.15) is 0 Å². The highest BCUT2D eigenvalue weighted by Crippen LogP contribution is 2.45. The average Bonchev–Trinajstić information content (AvgIpc) is 2.94. The second-order valence-corrected chi connectivity index (χ2v) is 6.56. The van der Waals surface area contributed by atoms with Crippen LogP contribution in [0.1, 0.15) is 39.9 Å². The van der Waals surface area contributed by atoms with Crippen molar-refractivity contribution in [3.05, 3.63) is 70.5 Å². The van der Waals surface area contributed by atoms with Gasteiger partial charge in [0.2, 0.25) is 0 Å². The van der Waals surface area contributed by atoms with Gasteiger partial charge in [0.25, 0.3) is 0 Å². The van der Waals surface area contributed by atoms with Crippen molar-refractivity contribution < 1.29 is 13.9 Å². The van der Waals surface area contributed by atoms with Crippen molar-refractivity contribution in [2.24, 2.45) is 0 Å². The summed E-state index contributed by atoms with van der Waals surface area (Å²) < 4.78 is 19.6. The van der Waals surface area contributed by atoms with Crippen LogP contribution in [0, 0.1) is 5.82 Å². The number of fused-ring (bicyclic) bond motifs is 1. The van der Waals surface area contributed by atoms with Crippen LogP contribution in [-0.4, -0.2) is 31.8 Å². The molecule has 0 aliphatic carbocycles. The molecule has 1 aliphatic heterocycles. The molecule has 1 atom stereocenters. The highest BCUT2D eigenvalue weighted by Gasteiger charge is 2.41. The van der Waals surface area contributed by atoms with Gasteiger partial charge in [-0.15, -0.1) is 0 Å². The van der Waals surface area contributed by atoms with Gasteiger partial charge in [0.1, 0.15) is 17.7 Å². The number of nitrogens with zero attached hydrogens (tertiary/aromatic N) is 1. The Morgan fingerprint density at radius 2 is 1.96 bits per heavy atom. The number of ether oxygens (including phenoxy) is 1. The van der Waals surface area contributed by atoms with E-state index in [1.807, 2.05) is 32.3 Å². The minimum absolute atomic E-state index is 0.253. The van der Waals surface area contributed by atoms with E-state index in [1.54, 1.807) is 12.1 Å². The smallest absolute Gasteiger partial charge is 0.150 e.